The highest BCUT2D eigenvalue weighted by molar-refractivity contribution is 6.00. The average Bonchev–Trinajstić information content (AvgIpc) is 3.08. The number of benzene rings is 1. The number of ether oxygens (including phenoxy) is 1. The Kier molecular flexibility index (Phi) is 4.00. The molecule has 2 N–H and O–H groups in total. The number of carbonyl (C=O) groups is 1. The van der Waals surface area contributed by atoms with E-state index in [-0.39, 0.29) is 12.2 Å². The molecule has 23 heavy (non-hydrogen) atoms. The molecule has 0 saturated heterocycles. The van der Waals surface area contributed by atoms with Crippen molar-refractivity contribution in [2.24, 2.45) is 0 Å². The van der Waals surface area contributed by atoms with Crippen molar-refractivity contribution in [1.29, 1.82) is 0 Å². The van der Waals surface area contributed by atoms with Gasteiger partial charge in [0.15, 0.2) is 5.69 Å². The molecule has 1 heterocycles. The second kappa shape index (κ2) is 6.11. The minimum atomic E-state index is -1.06. The summed E-state index contributed by atoms with van der Waals surface area (Å²) in [5.41, 5.74) is 3.75. The Hall–Kier alpha value is -2.84. The van der Waals surface area contributed by atoms with E-state index < -0.39 is 12.1 Å². The number of H-pyrrole nitrogens is 1. The van der Waals surface area contributed by atoms with Gasteiger partial charge in [0.2, 0.25) is 0 Å². The molecule has 116 valence electrons. The number of rotatable bonds is 3. The highest BCUT2D eigenvalue weighted by atomic mass is 16.5. The number of hydrogen-bond donors (Lipinski definition) is 2. The number of fused-ring (bicyclic) bond motifs is 1. The SMILES string of the molecule is [C-]#[N+]c1ccc2c(c1)CC(c1ccc[nH]1)=C(C(=O)OCC)C2O. The number of allylic oxidation sites excluding steroid dienone is 1. The Morgan fingerprint density at radius 1 is 1.48 bits per heavy atom. The summed E-state index contributed by atoms with van der Waals surface area (Å²) in [6.07, 6.45) is 1.17. The van der Waals surface area contributed by atoms with Crippen molar-refractivity contribution >= 4 is 17.2 Å². The minimum Gasteiger partial charge on any atom is -0.463 e. The molecule has 2 aromatic rings. The van der Waals surface area contributed by atoms with Crippen LogP contribution in [0.1, 0.15) is 29.8 Å². The fourth-order valence-electron chi connectivity index (χ4n) is 2.89. The van der Waals surface area contributed by atoms with Gasteiger partial charge < -0.3 is 14.8 Å². The lowest BCUT2D eigenvalue weighted by Gasteiger charge is -2.26. The lowest BCUT2D eigenvalue weighted by Crippen LogP contribution is -2.22. The van der Waals surface area contributed by atoms with Crippen LogP contribution in [0.2, 0.25) is 0 Å². The zero-order chi connectivity index (χ0) is 16.4. The van der Waals surface area contributed by atoms with Crippen molar-refractivity contribution in [3.63, 3.8) is 0 Å². The third-order valence-electron chi connectivity index (χ3n) is 3.93. The van der Waals surface area contributed by atoms with E-state index in [1.165, 1.54) is 0 Å². The van der Waals surface area contributed by atoms with Gasteiger partial charge in [-0.2, -0.15) is 0 Å². The standard InChI is InChI=1S/C18H16N2O3/c1-3-23-18(22)16-14(15-5-4-8-20-15)10-11-9-12(19-2)6-7-13(11)17(16)21/h4-9,17,20-21H,3,10H2,1H3. The molecule has 0 fully saturated rings. The Morgan fingerprint density at radius 3 is 2.96 bits per heavy atom. The van der Waals surface area contributed by atoms with E-state index in [2.05, 4.69) is 9.83 Å². The van der Waals surface area contributed by atoms with E-state index in [1.807, 2.05) is 12.1 Å². The summed E-state index contributed by atoms with van der Waals surface area (Å²) in [6.45, 7) is 9.11. The first-order chi connectivity index (χ1) is 11.2. The van der Waals surface area contributed by atoms with E-state index in [9.17, 15) is 9.90 Å². The predicted molar refractivity (Wildman–Crippen MR) is 85.7 cm³/mol. The number of aliphatic hydroxyl groups excluding tert-OH is 1. The fraction of sp³-hybridized carbons (Fsp3) is 0.222. The van der Waals surface area contributed by atoms with E-state index in [1.54, 1.807) is 31.3 Å². The van der Waals surface area contributed by atoms with Crippen LogP contribution < -0.4 is 0 Å². The van der Waals surface area contributed by atoms with Gasteiger partial charge in [0.05, 0.1) is 18.8 Å². The summed E-state index contributed by atoms with van der Waals surface area (Å²) >= 11 is 0. The first-order valence-electron chi connectivity index (χ1n) is 7.38. The summed E-state index contributed by atoms with van der Waals surface area (Å²) in [4.78, 5) is 18.8. The molecule has 1 aromatic heterocycles. The van der Waals surface area contributed by atoms with Crippen LogP contribution in [0, 0.1) is 6.57 Å². The summed E-state index contributed by atoms with van der Waals surface area (Å²) in [6, 6.07) is 8.81. The Balaban J connectivity index is 2.15. The zero-order valence-electron chi connectivity index (χ0n) is 12.7. The molecule has 1 aromatic carbocycles. The normalized spacial score (nSPS) is 16.7. The number of nitrogens with zero attached hydrogens (tertiary/aromatic N) is 1. The molecule has 0 aliphatic heterocycles. The van der Waals surface area contributed by atoms with Gasteiger partial charge in [-0.1, -0.05) is 18.2 Å². The van der Waals surface area contributed by atoms with Crippen molar-refractivity contribution in [3.05, 3.63) is 70.3 Å². The van der Waals surface area contributed by atoms with Crippen LogP contribution in [0.5, 0.6) is 0 Å². The molecule has 0 amide bonds. The van der Waals surface area contributed by atoms with Crippen molar-refractivity contribution in [3.8, 4) is 0 Å². The van der Waals surface area contributed by atoms with E-state index in [0.717, 1.165) is 11.3 Å². The average molecular weight is 308 g/mol. The molecule has 0 saturated carbocycles. The molecule has 5 heteroatoms. The van der Waals surface area contributed by atoms with Gasteiger partial charge in [-0.25, -0.2) is 9.64 Å². The Labute approximate surface area is 134 Å². The number of nitrogens with one attached hydrogen (secondary N) is 1. The van der Waals surface area contributed by atoms with Gasteiger partial charge in [0.1, 0.15) is 6.10 Å². The molecular weight excluding hydrogens is 292 g/mol. The summed E-state index contributed by atoms with van der Waals surface area (Å²) in [7, 11) is 0. The number of carbonyl (C=O) groups excluding carboxylic acids is 1. The number of esters is 1. The number of aromatic nitrogens is 1. The largest absolute Gasteiger partial charge is 0.463 e. The maximum Gasteiger partial charge on any atom is 0.337 e. The van der Waals surface area contributed by atoms with Crippen LogP contribution in [0.3, 0.4) is 0 Å². The van der Waals surface area contributed by atoms with E-state index >= 15 is 0 Å². The van der Waals surface area contributed by atoms with Gasteiger partial charge in [0.25, 0.3) is 0 Å². The third-order valence-corrected chi connectivity index (χ3v) is 3.93. The van der Waals surface area contributed by atoms with Gasteiger partial charge in [-0.15, -0.1) is 0 Å². The van der Waals surface area contributed by atoms with Crippen molar-refractivity contribution in [1.82, 2.24) is 4.98 Å². The van der Waals surface area contributed by atoms with Crippen LogP contribution in [-0.4, -0.2) is 22.7 Å². The lowest BCUT2D eigenvalue weighted by molar-refractivity contribution is -0.139. The molecule has 0 radical (unpaired) electrons. The van der Waals surface area contributed by atoms with Crippen LogP contribution in [0.25, 0.3) is 10.4 Å². The van der Waals surface area contributed by atoms with Crippen molar-refractivity contribution in [2.45, 2.75) is 19.4 Å². The third kappa shape index (κ3) is 2.65. The van der Waals surface area contributed by atoms with Crippen molar-refractivity contribution < 1.29 is 14.6 Å². The predicted octanol–water partition coefficient (Wildman–Crippen LogP) is 3.17. The fourth-order valence-corrected chi connectivity index (χ4v) is 2.89. The number of aliphatic hydroxyl groups is 1. The first kappa shape index (κ1) is 15.1. The molecule has 5 nitrogen and oxygen atoms in total. The lowest BCUT2D eigenvalue weighted by atomic mass is 9.82. The van der Waals surface area contributed by atoms with Gasteiger partial charge >= 0.3 is 5.97 Å². The van der Waals surface area contributed by atoms with Gasteiger partial charge in [0, 0.05) is 11.9 Å². The minimum absolute atomic E-state index is 0.247. The summed E-state index contributed by atoms with van der Waals surface area (Å²) in [5, 5.41) is 10.7. The molecular formula is C18H16N2O3. The maximum absolute atomic E-state index is 12.3. The van der Waals surface area contributed by atoms with Gasteiger partial charge in [-0.05, 0) is 42.2 Å². The van der Waals surface area contributed by atoms with Crippen LogP contribution in [0.4, 0.5) is 5.69 Å². The van der Waals surface area contributed by atoms with Crippen LogP contribution in [0.15, 0.2) is 42.1 Å². The Morgan fingerprint density at radius 2 is 2.30 bits per heavy atom. The summed E-state index contributed by atoms with van der Waals surface area (Å²) in [5.74, 6) is -0.510. The molecule has 1 aliphatic carbocycles. The molecule has 3 rings (SSSR count). The molecule has 1 unspecified atom stereocenters. The number of aromatic amines is 1. The zero-order valence-corrected chi connectivity index (χ0v) is 12.7. The quantitative estimate of drug-likeness (QED) is 0.676. The summed E-state index contributed by atoms with van der Waals surface area (Å²) < 4.78 is 5.12. The van der Waals surface area contributed by atoms with E-state index in [4.69, 9.17) is 11.3 Å². The highest BCUT2D eigenvalue weighted by Gasteiger charge is 2.32. The van der Waals surface area contributed by atoms with Crippen LogP contribution in [-0.2, 0) is 16.0 Å². The highest BCUT2D eigenvalue weighted by Crippen LogP contribution is 2.40. The smallest absolute Gasteiger partial charge is 0.337 e. The van der Waals surface area contributed by atoms with Gasteiger partial charge in [-0.3, -0.25) is 0 Å². The molecule has 0 spiro atoms. The topological polar surface area (TPSA) is 66.7 Å². The van der Waals surface area contributed by atoms with E-state index in [0.29, 0.717) is 23.2 Å². The second-order valence-electron chi connectivity index (χ2n) is 5.27. The maximum atomic E-state index is 12.3. The Bertz CT molecular complexity index is 813. The van der Waals surface area contributed by atoms with Crippen LogP contribution >= 0.6 is 0 Å². The molecule has 1 atom stereocenters. The first-order valence-corrected chi connectivity index (χ1v) is 7.38. The van der Waals surface area contributed by atoms with Crippen molar-refractivity contribution in [2.75, 3.05) is 6.61 Å². The second-order valence-corrected chi connectivity index (χ2v) is 5.27. The number of hydrogen-bond acceptors (Lipinski definition) is 3. The molecule has 0 bridgehead atoms. The molecule has 1 aliphatic rings. The monoisotopic (exact) mass is 308 g/mol.